The molecule has 0 amide bonds. The van der Waals surface area contributed by atoms with E-state index in [4.69, 9.17) is 24.7 Å². The smallest absolute Gasteiger partial charge is 0.376 e. The molecule has 0 radical (unpaired) electrons. The Hall–Kier alpha value is 0.0169. The lowest BCUT2D eigenvalue weighted by atomic mass is 9.96. The van der Waals surface area contributed by atoms with Crippen LogP contribution in [0.4, 0.5) is 0 Å². The largest absolute Gasteiger partial charge is 0.507 e. The highest BCUT2D eigenvalue weighted by atomic mass is 28.4. The van der Waals surface area contributed by atoms with Crippen LogP contribution in [0.1, 0.15) is 25.7 Å². The Morgan fingerprint density at radius 3 is 1.56 bits per heavy atom. The van der Waals surface area contributed by atoms with E-state index in [0.29, 0.717) is 0 Å². The third-order valence-corrected chi connectivity index (χ3v) is 8.30. The normalized spacial score (nSPS) is 25.9. The van der Waals surface area contributed by atoms with Crippen LogP contribution in [0.3, 0.4) is 0 Å². The van der Waals surface area contributed by atoms with Gasteiger partial charge in [-0.3, -0.25) is 0 Å². The van der Waals surface area contributed by atoms with Crippen LogP contribution in [0, 0.1) is 5.41 Å². The fourth-order valence-corrected chi connectivity index (χ4v) is 6.77. The van der Waals surface area contributed by atoms with Crippen molar-refractivity contribution in [2.75, 3.05) is 21.3 Å². The van der Waals surface area contributed by atoms with E-state index in [2.05, 4.69) is 0 Å². The summed E-state index contributed by atoms with van der Waals surface area (Å²) in [6.07, 6.45) is 3.94. The van der Waals surface area contributed by atoms with Crippen molar-refractivity contribution in [3.05, 3.63) is 0 Å². The molecule has 0 atom stereocenters. The minimum Gasteiger partial charge on any atom is -0.376 e. The average molecular weight is 246 g/mol. The summed E-state index contributed by atoms with van der Waals surface area (Å²) in [7, 11) is 2.36. The monoisotopic (exact) mass is 246 g/mol. The van der Waals surface area contributed by atoms with Gasteiger partial charge in [-0.1, -0.05) is 0 Å². The molecule has 0 unspecified atom stereocenters. The maximum absolute atomic E-state index is 5.95. The summed E-state index contributed by atoms with van der Waals surface area (Å²) >= 11 is 0. The molecule has 2 aliphatic carbocycles. The summed E-state index contributed by atoms with van der Waals surface area (Å²) in [5.41, 5.74) is 11.9. The van der Waals surface area contributed by atoms with Gasteiger partial charge in [0.1, 0.15) is 0 Å². The van der Waals surface area contributed by atoms with Crippen molar-refractivity contribution >= 4 is 8.80 Å². The molecule has 4 N–H and O–H groups in total. The number of hydrogen-bond donors (Lipinski definition) is 2. The first-order chi connectivity index (χ1) is 7.54. The Labute approximate surface area is 97.8 Å². The maximum atomic E-state index is 5.95. The number of rotatable bonds is 6. The van der Waals surface area contributed by atoms with E-state index in [0.717, 1.165) is 25.7 Å². The lowest BCUT2D eigenvalue weighted by Gasteiger charge is -2.39. The van der Waals surface area contributed by atoms with Crippen LogP contribution >= 0.6 is 0 Å². The van der Waals surface area contributed by atoms with Crippen molar-refractivity contribution < 1.29 is 13.3 Å². The summed E-state index contributed by atoms with van der Waals surface area (Å²) in [5, 5.41) is -0.0353. The Morgan fingerprint density at radius 1 is 0.938 bits per heavy atom. The Kier molecular flexibility index (Phi) is 2.93. The minimum absolute atomic E-state index is 0.0126. The van der Waals surface area contributed by atoms with Crippen LogP contribution < -0.4 is 11.5 Å². The third kappa shape index (κ3) is 1.28. The Morgan fingerprint density at radius 2 is 1.38 bits per heavy atom. The highest BCUT2D eigenvalue weighted by Gasteiger charge is 2.80. The summed E-state index contributed by atoms with van der Waals surface area (Å²) in [5.74, 6) is 0. The van der Waals surface area contributed by atoms with Crippen LogP contribution in [0.25, 0.3) is 0 Å². The predicted molar refractivity (Wildman–Crippen MR) is 62.5 cm³/mol. The van der Waals surface area contributed by atoms with Gasteiger partial charge in [-0.25, -0.2) is 0 Å². The molecule has 0 spiro atoms. The van der Waals surface area contributed by atoms with Gasteiger partial charge in [0.25, 0.3) is 0 Å². The zero-order valence-corrected chi connectivity index (χ0v) is 11.3. The molecule has 0 aromatic rings. The van der Waals surface area contributed by atoms with Crippen LogP contribution in [-0.2, 0) is 13.3 Å². The molecule has 16 heavy (non-hydrogen) atoms. The van der Waals surface area contributed by atoms with E-state index in [1.54, 1.807) is 21.3 Å². The second-order valence-corrected chi connectivity index (χ2v) is 8.23. The van der Waals surface area contributed by atoms with E-state index in [9.17, 15) is 0 Å². The molecule has 0 heterocycles. The second-order valence-electron chi connectivity index (χ2n) is 4.93. The van der Waals surface area contributed by atoms with Gasteiger partial charge >= 0.3 is 8.80 Å². The first-order valence-electron chi connectivity index (χ1n) is 5.71. The van der Waals surface area contributed by atoms with E-state index < -0.39 is 8.80 Å². The standard InChI is InChI=1S/C10H22N2O3Si/c1-13-16(14-2,15-3)10(6-7-10)9(4-5-9)8(11)12/h8H,4-7,11-12H2,1-3H3. The van der Waals surface area contributed by atoms with Gasteiger partial charge in [-0.2, -0.15) is 0 Å². The van der Waals surface area contributed by atoms with Gasteiger partial charge < -0.3 is 24.7 Å². The quantitative estimate of drug-likeness (QED) is 0.524. The van der Waals surface area contributed by atoms with Crippen LogP contribution in [0.15, 0.2) is 0 Å². The second kappa shape index (κ2) is 3.76. The van der Waals surface area contributed by atoms with Crippen molar-refractivity contribution in [1.29, 1.82) is 0 Å². The topological polar surface area (TPSA) is 79.7 Å². The van der Waals surface area contributed by atoms with Gasteiger partial charge in [-0.15, -0.1) is 0 Å². The molecule has 2 aliphatic rings. The fourth-order valence-electron chi connectivity index (χ4n) is 3.34. The molecule has 0 aromatic heterocycles. The molecule has 0 aromatic carbocycles. The van der Waals surface area contributed by atoms with Crippen molar-refractivity contribution in [1.82, 2.24) is 0 Å². The van der Waals surface area contributed by atoms with E-state index in [1.807, 2.05) is 0 Å². The number of nitrogens with two attached hydrogens (primary N) is 2. The molecule has 5 nitrogen and oxygen atoms in total. The third-order valence-electron chi connectivity index (χ3n) is 4.52. The predicted octanol–water partition coefficient (Wildman–Crippen LogP) is 0.422. The molecule has 94 valence electrons. The lowest BCUT2D eigenvalue weighted by Crippen LogP contribution is -2.57. The van der Waals surface area contributed by atoms with E-state index in [-0.39, 0.29) is 16.6 Å². The SMILES string of the molecule is CO[Si](OC)(OC)C1(C2(C(N)N)CC2)CC1. The molecule has 2 saturated carbocycles. The highest BCUT2D eigenvalue weighted by Crippen LogP contribution is 2.80. The van der Waals surface area contributed by atoms with Crippen molar-refractivity contribution in [2.45, 2.75) is 36.9 Å². The fraction of sp³-hybridized carbons (Fsp3) is 1.00. The molecule has 0 bridgehead atoms. The molecule has 2 fully saturated rings. The molecular weight excluding hydrogens is 224 g/mol. The van der Waals surface area contributed by atoms with Crippen molar-refractivity contribution in [3.8, 4) is 0 Å². The van der Waals surface area contributed by atoms with E-state index in [1.165, 1.54) is 0 Å². The van der Waals surface area contributed by atoms with Gasteiger partial charge in [0.15, 0.2) is 0 Å². The Bertz CT molecular complexity index is 265. The highest BCUT2D eigenvalue weighted by molar-refractivity contribution is 6.65. The van der Waals surface area contributed by atoms with Crippen LogP contribution in [0.5, 0.6) is 0 Å². The maximum Gasteiger partial charge on any atom is 0.507 e. The van der Waals surface area contributed by atoms with Crippen molar-refractivity contribution in [3.63, 3.8) is 0 Å². The first-order valence-corrected chi connectivity index (χ1v) is 7.43. The lowest BCUT2D eigenvalue weighted by molar-refractivity contribution is 0.0881. The zero-order chi connectivity index (χ0) is 12.0. The summed E-state index contributed by atoms with van der Waals surface area (Å²) in [4.78, 5) is 0. The van der Waals surface area contributed by atoms with Crippen molar-refractivity contribution in [2.24, 2.45) is 16.9 Å². The molecule has 6 heteroatoms. The van der Waals surface area contributed by atoms with Gasteiger partial charge in [0, 0.05) is 31.8 Å². The Balaban J connectivity index is 2.31. The average Bonchev–Trinajstić information content (AvgIpc) is 3.14. The number of hydrogen-bond acceptors (Lipinski definition) is 5. The van der Waals surface area contributed by atoms with Crippen LogP contribution in [0.2, 0.25) is 5.04 Å². The summed E-state index contributed by atoms with van der Waals surface area (Å²) in [6, 6.07) is 0. The van der Waals surface area contributed by atoms with Gasteiger partial charge in [0.05, 0.1) is 6.17 Å². The van der Waals surface area contributed by atoms with Gasteiger partial charge in [-0.05, 0) is 25.7 Å². The molecule has 0 saturated heterocycles. The van der Waals surface area contributed by atoms with Crippen LogP contribution in [-0.4, -0.2) is 36.3 Å². The first kappa shape index (κ1) is 12.5. The molecular formula is C10H22N2O3Si. The van der Waals surface area contributed by atoms with Gasteiger partial charge in [0.2, 0.25) is 0 Å². The van der Waals surface area contributed by atoms with E-state index >= 15 is 0 Å². The zero-order valence-electron chi connectivity index (χ0n) is 10.3. The molecule has 2 rings (SSSR count). The minimum atomic E-state index is -2.63. The summed E-state index contributed by atoms with van der Waals surface area (Å²) in [6.45, 7) is 0. The summed E-state index contributed by atoms with van der Waals surface area (Å²) < 4.78 is 16.9. The molecule has 0 aliphatic heterocycles.